The molecular formula is C15H24. The van der Waals surface area contributed by atoms with Crippen LogP contribution >= 0.6 is 0 Å². The maximum absolute atomic E-state index is 4.07. The van der Waals surface area contributed by atoms with E-state index in [0.717, 1.165) is 12.8 Å². The van der Waals surface area contributed by atoms with Crippen LogP contribution in [0.2, 0.25) is 0 Å². The van der Waals surface area contributed by atoms with Gasteiger partial charge in [-0.3, -0.25) is 0 Å². The van der Waals surface area contributed by atoms with Crippen LogP contribution < -0.4 is 0 Å². The van der Waals surface area contributed by atoms with Crippen molar-refractivity contribution >= 4 is 0 Å². The van der Waals surface area contributed by atoms with E-state index in [2.05, 4.69) is 50.8 Å². The molecule has 15 heavy (non-hydrogen) atoms. The summed E-state index contributed by atoms with van der Waals surface area (Å²) in [5, 5.41) is 0. The first-order valence-corrected chi connectivity index (χ1v) is 5.95. The summed E-state index contributed by atoms with van der Waals surface area (Å²) in [4.78, 5) is 0. The van der Waals surface area contributed by atoms with Gasteiger partial charge in [0.05, 0.1) is 0 Å². The molecule has 0 aliphatic heterocycles. The van der Waals surface area contributed by atoms with E-state index in [1.807, 2.05) is 13.8 Å². The van der Waals surface area contributed by atoms with Gasteiger partial charge in [0, 0.05) is 0 Å². The van der Waals surface area contributed by atoms with Crippen LogP contribution in [0.5, 0.6) is 0 Å². The maximum atomic E-state index is 4.07. The Hall–Kier alpha value is -1.04. The van der Waals surface area contributed by atoms with E-state index in [0.29, 0.717) is 5.92 Å². The van der Waals surface area contributed by atoms with Crippen LogP contribution in [-0.2, 0) is 6.42 Å². The van der Waals surface area contributed by atoms with Gasteiger partial charge in [0.1, 0.15) is 0 Å². The van der Waals surface area contributed by atoms with E-state index in [1.54, 1.807) is 0 Å². The molecule has 0 saturated carbocycles. The second-order valence-electron chi connectivity index (χ2n) is 3.60. The fourth-order valence-corrected chi connectivity index (χ4v) is 1.46. The van der Waals surface area contributed by atoms with Crippen molar-refractivity contribution in [1.82, 2.24) is 0 Å². The summed E-state index contributed by atoms with van der Waals surface area (Å²) in [7, 11) is 0. The van der Waals surface area contributed by atoms with Gasteiger partial charge < -0.3 is 0 Å². The molecule has 1 aromatic rings. The third-order valence-electron chi connectivity index (χ3n) is 2.54. The van der Waals surface area contributed by atoms with E-state index in [1.165, 1.54) is 11.1 Å². The quantitative estimate of drug-likeness (QED) is 0.614. The van der Waals surface area contributed by atoms with Crippen LogP contribution in [0.4, 0.5) is 0 Å². The molecule has 0 nitrogen and oxygen atoms in total. The van der Waals surface area contributed by atoms with Crippen molar-refractivity contribution in [3.63, 3.8) is 0 Å². The third kappa shape index (κ3) is 5.41. The smallest absolute Gasteiger partial charge is 0.0194 e. The van der Waals surface area contributed by atoms with Gasteiger partial charge in [-0.15, -0.1) is 0 Å². The fourth-order valence-electron chi connectivity index (χ4n) is 1.46. The maximum Gasteiger partial charge on any atom is -0.0194 e. The molecule has 0 aliphatic carbocycles. The van der Waals surface area contributed by atoms with E-state index in [9.17, 15) is 0 Å². The second kappa shape index (κ2) is 8.28. The lowest BCUT2D eigenvalue weighted by atomic mass is 9.93. The molecule has 0 aromatic heterocycles. The summed E-state index contributed by atoms with van der Waals surface area (Å²) in [5.74, 6) is 0.604. The number of rotatable bonds is 4. The highest BCUT2D eigenvalue weighted by Crippen LogP contribution is 2.17. The molecule has 0 aliphatic rings. The summed E-state index contributed by atoms with van der Waals surface area (Å²) >= 11 is 0. The van der Waals surface area contributed by atoms with Crippen molar-refractivity contribution in [1.29, 1.82) is 0 Å². The normalized spacial score (nSPS) is 11.2. The Bertz CT molecular complexity index is 259. The molecule has 1 unspecified atom stereocenters. The SMILES string of the molecule is C=C(CC)C(C)Cc1ccccc1.CC. The molecule has 0 bridgehead atoms. The predicted octanol–water partition coefficient (Wildman–Crippen LogP) is 4.86. The standard InChI is InChI=1S/C13H18.C2H6/c1-4-11(2)12(3)10-13-8-6-5-7-9-13;1-2/h5-9,12H,2,4,10H2,1,3H3;1-2H3. The number of hydrogen-bond acceptors (Lipinski definition) is 0. The fraction of sp³-hybridized carbons (Fsp3) is 0.467. The molecule has 0 heteroatoms. The van der Waals surface area contributed by atoms with Crippen LogP contribution in [0, 0.1) is 5.92 Å². The zero-order valence-electron chi connectivity index (χ0n) is 10.6. The highest BCUT2D eigenvalue weighted by Gasteiger charge is 2.05. The first kappa shape index (κ1) is 14.0. The summed E-state index contributed by atoms with van der Waals surface area (Å²) in [6.07, 6.45) is 2.21. The summed E-state index contributed by atoms with van der Waals surface area (Å²) in [6, 6.07) is 10.6. The van der Waals surface area contributed by atoms with Crippen molar-refractivity contribution in [2.75, 3.05) is 0 Å². The molecule has 1 rings (SSSR count). The molecule has 0 amide bonds. The monoisotopic (exact) mass is 204 g/mol. The molecular weight excluding hydrogens is 180 g/mol. The average Bonchev–Trinajstić information content (AvgIpc) is 2.32. The first-order valence-electron chi connectivity index (χ1n) is 5.95. The number of benzene rings is 1. The minimum atomic E-state index is 0.604. The third-order valence-corrected chi connectivity index (χ3v) is 2.54. The molecule has 0 radical (unpaired) electrons. The van der Waals surface area contributed by atoms with Crippen LogP contribution in [0.15, 0.2) is 42.5 Å². The van der Waals surface area contributed by atoms with Gasteiger partial charge in [-0.05, 0) is 24.3 Å². The second-order valence-corrected chi connectivity index (χ2v) is 3.60. The van der Waals surface area contributed by atoms with E-state index in [4.69, 9.17) is 0 Å². The minimum Gasteiger partial charge on any atom is -0.0996 e. The van der Waals surface area contributed by atoms with Crippen LogP contribution in [0.1, 0.15) is 39.7 Å². The lowest BCUT2D eigenvalue weighted by Crippen LogP contribution is -2.01. The molecule has 0 fully saturated rings. The molecule has 0 heterocycles. The van der Waals surface area contributed by atoms with Crippen molar-refractivity contribution < 1.29 is 0 Å². The van der Waals surface area contributed by atoms with E-state index < -0.39 is 0 Å². The van der Waals surface area contributed by atoms with Gasteiger partial charge >= 0.3 is 0 Å². The van der Waals surface area contributed by atoms with Gasteiger partial charge in [0.2, 0.25) is 0 Å². The minimum absolute atomic E-state index is 0.604. The highest BCUT2D eigenvalue weighted by molar-refractivity contribution is 5.17. The van der Waals surface area contributed by atoms with Crippen molar-refractivity contribution in [3.05, 3.63) is 48.0 Å². The van der Waals surface area contributed by atoms with Crippen molar-refractivity contribution in [3.8, 4) is 0 Å². The van der Waals surface area contributed by atoms with Gasteiger partial charge in [-0.1, -0.05) is 70.2 Å². The molecule has 84 valence electrons. The molecule has 0 N–H and O–H groups in total. The molecule has 0 spiro atoms. The van der Waals surface area contributed by atoms with E-state index >= 15 is 0 Å². The lowest BCUT2D eigenvalue weighted by Gasteiger charge is -2.12. The summed E-state index contributed by atoms with van der Waals surface area (Å²) in [6.45, 7) is 12.5. The Labute approximate surface area is 95.0 Å². The Morgan fingerprint density at radius 1 is 1.20 bits per heavy atom. The summed E-state index contributed by atoms with van der Waals surface area (Å²) < 4.78 is 0. The molecule has 1 atom stereocenters. The van der Waals surface area contributed by atoms with Crippen molar-refractivity contribution in [2.45, 2.75) is 40.5 Å². The zero-order chi connectivity index (χ0) is 11.7. The van der Waals surface area contributed by atoms with Gasteiger partial charge in [0.15, 0.2) is 0 Å². The lowest BCUT2D eigenvalue weighted by molar-refractivity contribution is 0.656. The molecule has 1 aromatic carbocycles. The van der Waals surface area contributed by atoms with Crippen molar-refractivity contribution in [2.24, 2.45) is 5.92 Å². The average molecular weight is 204 g/mol. The predicted molar refractivity (Wildman–Crippen MR) is 70.1 cm³/mol. The Morgan fingerprint density at radius 3 is 2.20 bits per heavy atom. The number of hydrogen-bond donors (Lipinski definition) is 0. The van der Waals surface area contributed by atoms with Gasteiger partial charge in [-0.25, -0.2) is 0 Å². The van der Waals surface area contributed by atoms with Crippen LogP contribution in [0.3, 0.4) is 0 Å². The van der Waals surface area contributed by atoms with E-state index in [-0.39, 0.29) is 0 Å². The Morgan fingerprint density at radius 2 is 1.73 bits per heavy atom. The number of allylic oxidation sites excluding steroid dienone is 1. The van der Waals surface area contributed by atoms with Gasteiger partial charge in [-0.2, -0.15) is 0 Å². The van der Waals surface area contributed by atoms with Crippen LogP contribution in [-0.4, -0.2) is 0 Å². The zero-order valence-corrected chi connectivity index (χ0v) is 10.6. The van der Waals surface area contributed by atoms with Crippen LogP contribution in [0.25, 0.3) is 0 Å². The highest BCUT2D eigenvalue weighted by atomic mass is 14.1. The largest absolute Gasteiger partial charge is 0.0996 e. The first-order chi connectivity index (χ1) is 7.24. The summed E-state index contributed by atoms with van der Waals surface area (Å²) in [5.41, 5.74) is 2.76. The Balaban J connectivity index is 0.000000921. The van der Waals surface area contributed by atoms with Gasteiger partial charge in [0.25, 0.3) is 0 Å². The Kier molecular flexibility index (Phi) is 7.71. The molecule has 0 saturated heterocycles. The topological polar surface area (TPSA) is 0 Å².